The quantitative estimate of drug-likeness (QED) is 0.407. The molecule has 192 valence electrons. The average Bonchev–Trinajstić information content (AvgIpc) is 2.72. The van der Waals surface area contributed by atoms with Crippen LogP contribution in [-0.4, -0.2) is 47.5 Å². The van der Waals surface area contributed by atoms with Crippen LogP contribution in [0.1, 0.15) is 96.4 Å². The molecule has 7 heteroatoms. The Kier molecular flexibility index (Phi) is 12.1. The van der Waals surface area contributed by atoms with Gasteiger partial charge in [0.1, 0.15) is 18.2 Å². The first-order valence-corrected chi connectivity index (χ1v) is 12.5. The van der Waals surface area contributed by atoms with E-state index in [0.29, 0.717) is 6.54 Å². The number of ether oxygens (including phenoxy) is 1. The number of alkyl carbamates (subject to hydrolysis) is 1. The molecule has 3 amide bonds. The summed E-state index contributed by atoms with van der Waals surface area (Å²) in [6, 6.07) is 5.11. The molecule has 0 bridgehead atoms. The maximum absolute atomic E-state index is 13.6. The number of nitrogens with one attached hydrogen (secondary N) is 2. The summed E-state index contributed by atoms with van der Waals surface area (Å²) in [6.45, 7) is 15.6. The third-order valence-corrected chi connectivity index (χ3v) is 5.59. The second-order valence-electron chi connectivity index (χ2n) is 10.1. The zero-order valence-electron chi connectivity index (χ0n) is 22.4. The second-order valence-corrected chi connectivity index (χ2v) is 10.1. The van der Waals surface area contributed by atoms with Crippen molar-refractivity contribution in [2.45, 2.75) is 105 Å². The summed E-state index contributed by atoms with van der Waals surface area (Å²) in [5.74, 6) is -0.506. The second kappa shape index (κ2) is 14.0. The summed E-state index contributed by atoms with van der Waals surface area (Å²) in [7, 11) is 0. The van der Waals surface area contributed by atoms with Gasteiger partial charge < -0.3 is 20.3 Å². The molecule has 1 aromatic rings. The van der Waals surface area contributed by atoms with Gasteiger partial charge in [0.15, 0.2) is 0 Å². The van der Waals surface area contributed by atoms with E-state index in [2.05, 4.69) is 24.5 Å². The number of rotatable bonds is 12. The Labute approximate surface area is 206 Å². The van der Waals surface area contributed by atoms with Crippen LogP contribution in [0.2, 0.25) is 0 Å². The fraction of sp³-hybridized carbons (Fsp3) is 0.667. The molecule has 34 heavy (non-hydrogen) atoms. The molecule has 1 aromatic carbocycles. The highest BCUT2D eigenvalue weighted by Crippen LogP contribution is 2.28. The molecule has 0 saturated carbocycles. The number of nitrogens with zero attached hydrogens (tertiary/aromatic N) is 1. The molecule has 2 atom stereocenters. The van der Waals surface area contributed by atoms with Gasteiger partial charge in [-0.15, -0.1) is 0 Å². The molecular formula is C27H45N3O4. The molecular weight excluding hydrogens is 430 g/mol. The maximum Gasteiger partial charge on any atom is 0.408 e. The lowest BCUT2D eigenvalue weighted by molar-refractivity contribution is -0.140. The topological polar surface area (TPSA) is 87.7 Å². The van der Waals surface area contributed by atoms with Gasteiger partial charge in [-0.1, -0.05) is 51.3 Å². The molecule has 0 spiro atoms. The third-order valence-electron chi connectivity index (χ3n) is 5.59. The van der Waals surface area contributed by atoms with E-state index >= 15 is 0 Å². The first-order chi connectivity index (χ1) is 15.9. The van der Waals surface area contributed by atoms with Gasteiger partial charge >= 0.3 is 6.09 Å². The molecule has 0 heterocycles. The standard InChI is InChI=1S/C27H45N3O4/c1-9-11-12-17-30(22(31)18-28-26(33)34-27(6,7)8)24(25(32)29-21(5)14-10-2)23-19(3)15-13-16-20(23)4/h13,15-16,21,24H,9-12,14,17-18H2,1-8H3,(H,28,33)(H,29,32). The van der Waals surface area contributed by atoms with Crippen LogP contribution in [0.15, 0.2) is 18.2 Å². The van der Waals surface area contributed by atoms with Crippen LogP contribution >= 0.6 is 0 Å². The Balaban J connectivity index is 3.31. The van der Waals surface area contributed by atoms with Gasteiger partial charge in [-0.25, -0.2) is 4.79 Å². The number of carbonyl (C=O) groups excluding carboxylic acids is 3. The lowest BCUT2D eigenvalue weighted by Crippen LogP contribution is -2.49. The summed E-state index contributed by atoms with van der Waals surface area (Å²) < 4.78 is 5.28. The van der Waals surface area contributed by atoms with E-state index in [1.807, 2.05) is 39.0 Å². The van der Waals surface area contributed by atoms with Crippen LogP contribution < -0.4 is 10.6 Å². The number of hydrogen-bond donors (Lipinski definition) is 2. The normalized spacial score (nSPS) is 13.1. The van der Waals surface area contributed by atoms with Crippen molar-refractivity contribution in [1.82, 2.24) is 15.5 Å². The van der Waals surface area contributed by atoms with Crippen molar-refractivity contribution in [2.75, 3.05) is 13.1 Å². The molecule has 0 aromatic heterocycles. The van der Waals surface area contributed by atoms with Crippen molar-refractivity contribution < 1.29 is 19.1 Å². The minimum atomic E-state index is -0.773. The summed E-state index contributed by atoms with van der Waals surface area (Å²) in [5, 5.41) is 5.67. The first-order valence-electron chi connectivity index (χ1n) is 12.5. The molecule has 2 unspecified atom stereocenters. The fourth-order valence-corrected chi connectivity index (χ4v) is 4.01. The molecule has 0 aliphatic rings. The van der Waals surface area contributed by atoms with Gasteiger partial charge in [0.25, 0.3) is 0 Å². The van der Waals surface area contributed by atoms with Gasteiger partial charge in [-0.3, -0.25) is 9.59 Å². The predicted octanol–water partition coefficient (Wildman–Crippen LogP) is 5.19. The van der Waals surface area contributed by atoms with Crippen molar-refractivity contribution in [3.8, 4) is 0 Å². The molecule has 0 aliphatic heterocycles. The van der Waals surface area contributed by atoms with Crippen LogP contribution in [0, 0.1) is 13.8 Å². The first kappa shape index (κ1) is 29.5. The van der Waals surface area contributed by atoms with Gasteiger partial charge in [-0.05, 0) is 71.1 Å². The Hall–Kier alpha value is -2.57. The van der Waals surface area contributed by atoms with Gasteiger partial charge in [0, 0.05) is 12.6 Å². The molecule has 7 nitrogen and oxygen atoms in total. The number of unbranched alkanes of at least 4 members (excludes halogenated alkanes) is 2. The minimum Gasteiger partial charge on any atom is -0.444 e. The number of aryl methyl sites for hydroxylation is 2. The minimum absolute atomic E-state index is 0.00296. The third kappa shape index (κ3) is 9.74. The van der Waals surface area contributed by atoms with E-state index in [9.17, 15) is 14.4 Å². The monoisotopic (exact) mass is 475 g/mol. The Morgan fingerprint density at radius 1 is 1.03 bits per heavy atom. The zero-order chi connectivity index (χ0) is 25.9. The number of amides is 3. The van der Waals surface area contributed by atoms with Crippen molar-refractivity contribution >= 4 is 17.9 Å². The van der Waals surface area contributed by atoms with Gasteiger partial charge in [0.05, 0.1) is 0 Å². The highest BCUT2D eigenvalue weighted by atomic mass is 16.6. The van der Waals surface area contributed by atoms with E-state index in [-0.39, 0.29) is 24.4 Å². The number of hydrogen-bond acceptors (Lipinski definition) is 4. The van der Waals surface area contributed by atoms with E-state index in [0.717, 1.165) is 48.8 Å². The average molecular weight is 476 g/mol. The molecule has 0 aliphatic carbocycles. The van der Waals surface area contributed by atoms with E-state index in [1.54, 1.807) is 25.7 Å². The highest BCUT2D eigenvalue weighted by Gasteiger charge is 2.34. The maximum atomic E-state index is 13.6. The fourth-order valence-electron chi connectivity index (χ4n) is 4.01. The molecule has 0 saturated heterocycles. The van der Waals surface area contributed by atoms with E-state index in [4.69, 9.17) is 4.74 Å². The van der Waals surface area contributed by atoms with E-state index in [1.165, 1.54) is 0 Å². The largest absolute Gasteiger partial charge is 0.444 e. The number of benzene rings is 1. The van der Waals surface area contributed by atoms with Crippen molar-refractivity contribution in [3.63, 3.8) is 0 Å². The Morgan fingerprint density at radius 3 is 2.18 bits per heavy atom. The SMILES string of the molecule is CCCCCN(C(=O)CNC(=O)OC(C)(C)C)C(C(=O)NC(C)CCC)c1c(C)cccc1C. The summed E-state index contributed by atoms with van der Waals surface area (Å²) in [5.41, 5.74) is 2.09. The van der Waals surface area contributed by atoms with Crippen LogP contribution in [0.25, 0.3) is 0 Å². The lowest BCUT2D eigenvalue weighted by Gasteiger charge is -2.34. The molecule has 1 rings (SSSR count). The Bertz CT molecular complexity index is 796. The van der Waals surface area contributed by atoms with Crippen molar-refractivity contribution in [3.05, 3.63) is 34.9 Å². The van der Waals surface area contributed by atoms with Crippen molar-refractivity contribution in [1.29, 1.82) is 0 Å². The van der Waals surface area contributed by atoms with E-state index < -0.39 is 17.7 Å². The predicted molar refractivity (Wildman–Crippen MR) is 137 cm³/mol. The van der Waals surface area contributed by atoms with Crippen LogP contribution in [0.4, 0.5) is 4.79 Å². The lowest BCUT2D eigenvalue weighted by atomic mass is 9.93. The van der Waals surface area contributed by atoms with Crippen LogP contribution in [0.3, 0.4) is 0 Å². The van der Waals surface area contributed by atoms with Crippen LogP contribution in [0.5, 0.6) is 0 Å². The van der Waals surface area contributed by atoms with Crippen LogP contribution in [-0.2, 0) is 14.3 Å². The summed E-state index contributed by atoms with van der Waals surface area (Å²) >= 11 is 0. The zero-order valence-corrected chi connectivity index (χ0v) is 22.4. The van der Waals surface area contributed by atoms with Gasteiger partial charge in [-0.2, -0.15) is 0 Å². The summed E-state index contributed by atoms with van der Waals surface area (Å²) in [6.07, 6.45) is 3.86. The number of carbonyl (C=O) groups is 3. The molecule has 0 fully saturated rings. The molecule has 2 N–H and O–H groups in total. The highest BCUT2D eigenvalue weighted by molar-refractivity contribution is 5.91. The van der Waals surface area contributed by atoms with Crippen molar-refractivity contribution in [2.24, 2.45) is 0 Å². The van der Waals surface area contributed by atoms with Gasteiger partial charge in [0.2, 0.25) is 11.8 Å². The molecule has 0 radical (unpaired) electrons. The smallest absolute Gasteiger partial charge is 0.408 e. The Morgan fingerprint density at radius 2 is 1.65 bits per heavy atom. The summed E-state index contributed by atoms with van der Waals surface area (Å²) in [4.78, 5) is 40.8.